The maximum Gasteiger partial charge on any atom is 0.166 e. The minimum atomic E-state index is -1.18. The van der Waals surface area contributed by atoms with Crippen LogP contribution in [0.25, 0.3) is 64.6 Å². The standard InChI is InChI=1S/C30H15F3/c31-23-15-24(32)30(33)22-14-13-20-12-11-19-10-9-18-8-7-17-6-5-16-3-1-2-4-21(16)25(17)26(18)27(19)28(20)29(22)23/h1-15H. The van der Waals surface area contributed by atoms with Crippen LogP contribution >= 0.6 is 0 Å². The molecule has 0 radical (unpaired) electrons. The van der Waals surface area contributed by atoms with Crippen LogP contribution in [0.3, 0.4) is 0 Å². The Balaban J connectivity index is 1.89. The van der Waals surface area contributed by atoms with Crippen LogP contribution in [-0.2, 0) is 0 Å². The lowest BCUT2D eigenvalue weighted by molar-refractivity contribution is 0.506. The Morgan fingerprint density at radius 1 is 0.364 bits per heavy atom. The van der Waals surface area contributed by atoms with Crippen molar-refractivity contribution in [1.29, 1.82) is 0 Å². The van der Waals surface area contributed by atoms with Crippen molar-refractivity contribution >= 4 is 64.6 Å². The minimum Gasteiger partial charge on any atom is -0.206 e. The SMILES string of the molecule is Fc1cc(F)c2c(ccc3ccc4ccc5ccc6ccc7ccccc7c6c5c4c32)c1F. The summed E-state index contributed by atoms with van der Waals surface area (Å²) in [5.41, 5.74) is 0. The van der Waals surface area contributed by atoms with Crippen molar-refractivity contribution < 1.29 is 13.2 Å². The second kappa shape index (κ2) is 6.46. The molecule has 0 nitrogen and oxygen atoms in total. The van der Waals surface area contributed by atoms with Crippen LogP contribution in [-0.4, -0.2) is 0 Å². The summed E-state index contributed by atoms with van der Waals surface area (Å²) in [6, 6.07) is 28.4. The fourth-order valence-corrected chi connectivity index (χ4v) is 5.35. The predicted molar refractivity (Wildman–Crippen MR) is 131 cm³/mol. The first-order valence-corrected chi connectivity index (χ1v) is 10.8. The fourth-order valence-electron chi connectivity index (χ4n) is 5.35. The molecule has 156 valence electrons. The van der Waals surface area contributed by atoms with Gasteiger partial charge in [0.2, 0.25) is 0 Å². The highest BCUT2D eigenvalue weighted by Gasteiger charge is 2.18. The van der Waals surface area contributed by atoms with Crippen molar-refractivity contribution in [1.82, 2.24) is 0 Å². The molecule has 0 bridgehead atoms. The Bertz CT molecular complexity index is 1940. The van der Waals surface area contributed by atoms with E-state index in [0.717, 1.165) is 48.5 Å². The first-order chi connectivity index (χ1) is 16.1. The Morgan fingerprint density at radius 3 is 1.52 bits per heavy atom. The zero-order chi connectivity index (χ0) is 22.3. The fraction of sp³-hybridized carbons (Fsp3) is 0. The normalized spacial score (nSPS) is 12.1. The van der Waals surface area contributed by atoms with E-state index >= 15 is 4.39 Å². The summed E-state index contributed by atoms with van der Waals surface area (Å²) in [5.74, 6) is -2.97. The van der Waals surface area contributed by atoms with E-state index in [2.05, 4.69) is 42.5 Å². The Hall–Kier alpha value is -4.11. The van der Waals surface area contributed by atoms with Crippen molar-refractivity contribution in [3.63, 3.8) is 0 Å². The summed E-state index contributed by atoms with van der Waals surface area (Å²) in [7, 11) is 0. The molecule has 0 heterocycles. The highest BCUT2D eigenvalue weighted by Crippen LogP contribution is 2.42. The zero-order valence-electron chi connectivity index (χ0n) is 17.3. The average molecular weight is 432 g/mol. The predicted octanol–water partition coefficient (Wildman–Crippen LogP) is 9.02. The van der Waals surface area contributed by atoms with Crippen molar-refractivity contribution in [2.24, 2.45) is 0 Å². The Kier molecular flexibility index (Phi) is 3.61. The van der Waals surface area contributed by atoms with Gasteiger partial charge in [-0.2, -0.15) is 0 Å². The van der Waals surface area contributed by atoms with E-state index in [4.69, 9.17) is 0 Å². The van der Waals surface area contributed by atoms with Gasteiger partial charge in [0.25, 0.3) is 0 Å². The molecule has 0 aliphatic rings. The molecule has 0 fully saturated rings. The Morgan fingerprint density at radius 2 is 0.848 bits per heavy atom. The third-order valence-electron chi connectivity index (χ3n) is 6.79. The smallest absolute Gasteiger partial charge is 0.166 e. The first kappa shape index (κ1) is 18.5. The van der Waals surface area contributed by atoms with Gasteiger partial charge in [-0.1, -0.05) is 84.9 Å². The van der Waals surface area contributed by atoms with E-state index in [1.807, 2.05) is 30.3 Å². The lowest BCUT2D eigenvalue weighted by Crippen LogP contribution is -1.93. The highest BCUT2D eigenvalue weighted by molar-refractivity contribution is 6.35. The molecule has 33 heavy (non-hydrogen) atoms. The van der Waals surface area contributed by atoms with Crippen molar-refractivity contribution in [2.45, 2.75) is 0 Å². The van der Waals surface area contributed by atoms with E-state index in [9.17, 15) is 8.78 Å². The summed E-state index contributed by atoms with van der Waals surface area (Å²) in [4.78, 5) is 0. The first-order valence-electron chi connectivity index (χ1n) is 10.8. The van der Waals surface area contributed by atoms with Crippen LogP contribution in [0.15, 0.2) is 91.0 Å². The summed E-state index contributed by atoms with van der Waals surface area (Å²) in [5, 5.41) is 9.58. The van der Waals surface area contributed by atoms with Crippen LogP contribution in [0, 0.1) is 17.5 Å². The molecule has 0 aromatic heterocycles. The summed E-state index contributed by atoms with van der Waals surface area (Å²) < 4.78 is 44.0. The molecule has 0 unspecified atom stereocenters. The third kappa shape index (κ3) is 2.42. The van der Waals surface area contributed by atoms with Gasteiger partial charge in [0.15, 0.2) is 11.6 Å². The number of rotatable bonds is 0. The molecular formula is C30H15F3. The van der Waals surface area contributed by atoms with Crippen LogP contribution in [0.5, 0.6) is 0 Å². The molecule has 0 spiro atoms. The van der Waals surface area contributed by atoms with E-state index in [0.29, 0.717) is 11.5 Å². The highest BCUT2D eigenvalue weighted by atomic mass is 19.2. The monoisotopic (exact) mass is 432 g/mol. The van der Waals surface area contributed by atoms with Gasteiger partial charge in [0.05, 0.1) is 0 Å². The number of benzene rings is 7. The van der Waals surface area contributed by atoms with E-state index in [1.54, 1.807) is 6.07 Å². The molecule has 0 saturated heterocycles. The molecule has 3 heteroatoms. The van der Waals surface area contributed by atoms with Gasteiger partial charge in [-0.25, -0.2) is 13.2 Å². The third-order valence-corrected chi connectivity index (χ3v) is 6.79. The topological polar surface area (TPSA) is 0 Å². The summed E-state index contributed by atoms with van der Waals surface area (Å²) >= 11 is 0. The van der Waals surface area contributed by atoms with Crippen LogP contribution in [0.1, 0.15) is 0 Å². The number of hydrogen-bond donors (Lipinski definition) is 0. The van der Waals surface area contributed by atoms with Crippen molar-refractivity contribution in [3.05, 3.63) is 108 Å². The average Bonchev–Trinajstić information content (AvgIpc) is 2.85. The molecule has 0 atom stereocenters. The number of hydrogen-bond acceptors (Lipinski definition) is 0. The lowest BCUT2D eigenvalue weighted by atomic mass is 9.89. The largest absolute Gasteiger partial charge is 0.206 e. The molecule has 0 N–H and O–H groups in total. The molecule has 7 aromatic carbocycles. The van der Waals surface area contributed by atoms with E-state index in [-0.39, 0.29) is 10.8 Å². The molecular weight excluding hydrogens is 417 g/mol. The Labute approximate surface area is 186 Å². The summed E-state index contributed by atoms with van der Waals surface area (Å²) in [6.07, 6.45) is 0. The molecule has 0 aliphatic heterocycles. The van der Waals surface area contributed by atoms with Crippen molar-refractivity contribution in [2.75, 3.05) is 0 Å². The number of fused-ring (bicyclic) bond motifs is 11. The van der Waals surface area contributed by atoms with Gasteiger partial charge in [-0.3, -0.25) is 0 Å². The van der Waals surface area contributed by atoms with Gasteiger partial charge in [-0.15, -0.1) is 0 Å². The second-order valence-electron chi connectivity index (χ2n) is 8.52. The van der Waals surface area contributed by atoms with E-state index in [1.165, 1.54) is 6.07 Å². The second-order valence-corrected chi connectivity index (χ2v) is 8.52. The van der Waals surface area contributed by atoms with Gasteiger partial charge in [0, 0.05) is 22.2 Å². The van der Waals surface area contributed by atoms with Gasteiger partial charge in [-0.05, 0) is 48.5 Å². The molecule has 0 amide bonds. The number of halogens is 3. The van der Waals surface area contributed by atoms with Gasteiger partial charge in [0.1, 0.15) is 5.82 Å². The molecule has 7 rings (SSSR count). The molecule has 0 aliphatic carbocycles. The van der Waals surface area contributed by atoms with E-state index < -0.39 is 17.5 Å². The van der Waals surface area contributed by atoms with Crippen molar-refractivity contribution in [3.8, 4) is 0 Å². The lowest BCUT2D eigenvalue weighted by Gasteiger charge is -2.15. The minimum absolute atomic E-state index is 0.0467. The quantitative estimate of drug-likeness (QED) is 0.166. The molecule has 7 aromatic rings. The summed E-state index contributed by atoms with van der Waals surface area (Å²) in [6.45, 7) is 0. The van der Waals surface area contributed by atoms with Crippen LogP contribution < -0.4 is 0 Å². The van der Waals surface area contributed by atoms with Gasteiger partial charge >= 0.3 is 0 Å². The van der Waals surface area contributed by atoms with Gasteiger partial charge < -0.3 is 0 Å². The maximum absolute atomic E-state index is 15.2. The molecule has 0 saturated carbocycles. The maximum atomic E-state index is 15.2. The van der Waals surface area contributed by atoms with Crippen LogP contribution in [0.4, 0.5) is 13.2 Å². The zero-order valence-corrected chi connectivity index (χ0v) is 17.3. The van der Waals surface area contributed by atoms with Crippen LogP contribution in [0.2, 0.25) is 0 Å².